The van der Waals surface area contributed by atoms with Crippen LogP contribution in [0.25, 0.3) is 11.2 Å². The third kappa shape index (κ3) is 2.39. The number of nitrogens with one attached hydrogen (secondary N) is 1. The summed E-state index contributed by atoms with van der Waals surface area (Å²) in [6, 6.07) is 0. The van der Waals surface area contributed by atoms with Gasteiger partial charge in [0, 0.05) is 13.1 Å². The number of imidazole rings is 1. The zero-order valence-corrected chi connectivity index (χ0v) is 10.4. The average molecular weight is 252 g/mol. The van der Waals surface area contributed by atoms with Gasteiger partial charge in [-0.15, -0.1) is 6.58 Å². The van der Waals surface area contributed by atoms with Crippen molar-refractivity contribution in [2.75, 3.05) is 11.9 Å². The zero-order valence-electron chi connectivity index (χ0n) is 9.65. The van der Waals surface area contributed by atoms with Gasteiger partial charge in [-0.3, -0.25) is 0 Å². The fourth-order valence-electron chi connectivity index (χ4n) is 1.61. The van der Waals surface area contributed by atoms with Gasteiger partial charge in [-0.2, -0.15) is 9.97 Å². The first-order valence-corrected chi connectivity index (χ1v) is 5.87. The molecule has 2 rings (SSSR count). The molecule has 0 saturated heterocycles. The molecule has 17 heavy (non-hydrogen) atoms. The first-order valence-electron chi connectivity index (χ1n) is 5.49. The average Bonchev–Trinajstić information content (AvgIpc) is 2.70. The van der Waals surface area contributed by atoms with Gasteiger partial charge < -0.3 is 9.88 Å². The number of halogens is 1. The summed E-state index contributed by atoms with van der Waals surface area (Å²) in [4.78, 5) is 12.7. The highest BCUT2D eigenvalue weighted by atomic mass is 35.5. The van der Waals surface area contributed by atoms with Crippen molar-refractivity contribution >= 4 is 28.6 Å². The van der Waals surface area contributed by atoms with Crippen LogP contribution in [-0.2, 0) is 6.54 Å². The molecule has 2 heterocycles. The van der Waals surface area contributed by atoms with E-state index < -0.39 is 0 Å². The molecule has 2 aromatic rings. The number of hydrogen-bond acceptors (Lipinski definition) is 4. The van der Waals surface area contributed by atoms with Crippen LogP contribution in [0.3, 0.4) is 0 Å². The van der Waals surface area contributed by atoms with Gasteiger partial charge in [-0.05, 0) is 18.0 Å². The number of anilines is 1. The monoisotopic (exact) mass is 251 g/mol. The Hall–Kier alpha value is -1.62. The molecule has 0 radical (unpaired) electrons. The molecule has 0 unspecified atom stereocenters. The van der Waals surface area contributed by atoms with Crippen molar-refractivity contribution < 1.29 is 0 Å². The summed E-state index contributed by atoms with van der Waals surface area (Å²) in [5.74, 6) is 0.648. The van der Waals surface area contributed by atoms with E-state index in [2.05, 4.69) is 33.8 Å². The Balaban J connectivity index is 2.49. The summed E-state index contributed by atoms with van der Waals surface area (Å²) in [5.41, 5.74) is 1.50. The van der Waals surface area contributed by atoms with Crippen LogP contribution in [-0.4, -0.2) is 26.1 Å². The molecule has 90 valence electrons. The standard InChI is InChI=1S/C11H14ClN5/c1-3-5-13-9-8-10(16-11(12)15-9)17(6-4-2)7-14-8/h3,7H,1,4-6H2,2H3,(H,13,15,16). The highest BCUT2D eigenvalue weighted by Crippen LogP contribution is 2.20. The Morgan fingerprint density at radius 2 is 2.35 bits per heavy atom. The van der Waals surface area contributed by atoms with E-state index in [1.54, 1.807) is 12.4 Å². The van der Waals surface area contributed by atoms with Crippen molar-refractivity contribution in [2.24, 2.45) is 0 Å². The lowest BCUT2D eigenvalue weighted by molar-refractivity contribution is 0.691. The van der Waals surface area contributed by atoms with Crippen molar-refractivity contribution in [3.8, 4) is 0 Å². The van der Waals surface area contributed by atoms with Crippen LogP contribution in [0, 0.1) is 0 Å². The highest BCUT2D eigenvalue weighted by Gasteiger charge is 2.11. The molecule has 0 aliphatic carbocycles. The molecule has 0 aliphatic rings. The summed E-state index contributed by atoms with van der Waals surface area (Å²) in [7, 11) is 0. The van der Waals surface area contributed by atoms with E-state index in [0.29, 0.717) is 12.4 Å². The molecule has 1 N–H and O–H groups in total. The molecule has 2 aromatic heterocycles. The Morgan fingerprint density at radius 1 is 1.53 bits per heavy atom. The van der Waals surface area contributed by atoms with Crippen molar-refractivity contribution in [3.05, 3.63) is 24.3 Å². The lowest BCUT2D eigenvalue weighted by atomic mass is 10.4. The fraction of sp³-hybridized carbons (Fsp3) is 0.364. The van der Waals surface area contributed by atoms with Gasteiger partial charge in [0.1, 0.15) is 0 Å². The van der Waals surface area contributed by atoms with E-state index in [1.165, 1.54) is 0 Å². The Labute approximate surface area is 105 Å². The van der Waals surface area contributed by atoms with Crippen molar-refractivity contribution in [2.45, 2.75) is 19.9 Å². The predicted octanol–water partition coefficient (Wildman–Crippen LogP) is 2.49. The van der Waals surface area contributed by atoms with Crippen LogP contribution >= 0.6 is 11.6 Å². The topological polar surface area (TPSA) is 55.6 Å². The number of aromatic nitrogens is 4. The first kappa shape index (κ1) is 11.9. The molecule has 0 aromatic carbocycles. The maximum Gasteiger partial charge on any atom is 0.226 e. The van der Waals surface area contributed by atoms with E-state index >= 15 is 0 Å². The molecule has 0 aliphatic heterocycles. The van der Waals surface area contributed by atoms with Crippen LogP contribution in [0.1, 0.15) is 13.3 Å². The molecule has 0 atom stereocenters. The minimum Gasteiger partial charge on any atom is -0.365 e. The van der Waals surface area contributed by atoms with Crippen LogP contribution in [0.5, 0.6) is 0 Å². The SMILES string of the molecule is C=CCNc1nc(Cl)nc2c1ncn2CCC. The smallest absolute Gasteiger partial charge is 0.226 e. The van der Waals surface area contributed by atoms with Gasteiger partial charge in [0.2, 0.25) is 5.28 Å². The third-order valence-electron chi connectivity index (χ3n) is 2.31. The van der Waals surface area contributed by atoms with Crippen LogP contribution in [0.2, 0.25) is 5.28 Å². The van der Waals surface area contributed by atoms with Gasteiger partial charge in [0.25, 0.3) is 0 Å². The van der Waals surface area contributed by atoms with Crippen molar-refractivity contribution in [1.29, 1.82) is 0 Å². The fourth-order valence-corrected chi connectivity index (χ4v) is 1.78. The summed E-state index contributed by atoms with van der Waals surface area (Å²) < 4.78 is 1.97. The molecular formula is C11H14ClN5. The second-order valence-corrected chi connectivity index (χ2v) is 3.96. The van der Waals surface area contributed by atoms with E-state index in [1.807, 2.05) is 4.57 Å². The van der Waals surface area contributed by atoms with Gasteiger partial charge in [-0.25, -0.2) is 4.98 Å². The molecule has 5 nitrogen and oxygen atoms in total. The Morgan fingerprint density at radius 3 is 3.06 bits per heavy atom. The van der Waals surface area contributed by atoms with Gasteiger partial charge >= 0.3 is 0 Å². The minimum absolute atomic E-state index is 0.224. The molecule has 0 amide bonds. The largest absolute Gasteiger partial charge is 0.365 e. The second-order valence-electron chi connectivity index (χ2n) is 3.62. The van der Waals surface area contributed by atoms with Crippen LogP contribution in [0.15, 0.2) is 19.0 Å². The summed E-state index contributed by atoms with van der Waals surface area (Å²) >= 11 is 5.90. The number of hydrogen-bond donors (Lipinski definition) is 1. The minimum atomic E-state index is 0.224. The normalized spacial score (nSPS) is 10.7. The maximum atomic E-state index is 5.90. The lowest BCUT2D eigenvalue weighted by Gasteiger charge is -2.05. The van der Waals surface area contributed by atoms with E-state index in [0.717, 1.165) is 24.1 Å². The zero-order chi connectivity index (χ0) is 12.3. The quantitative estimate of drug-likeness (QED) is 0.655. The third-order valence-corrected chi connectivity index (χ3v) is 2.48. The number of rotatable bonds is 5. The number of fused-ring (bicyclic) bond motifs is 1. The number of nitrogens with zero attached hydrogens (tertiary/aromatic N) is 4. The van der Waals surface area contributed by atoms with E-state index in [4.69, 9.17) is 11.6 Å². The summed E-state index contributed by atoms with van der Waals surface area (Å²) in [5, 5.41) is 3.33. The molecule has 0 spiro atoms. The van der Waals surface area contributed by atoms with E-state index in [-0.39, 0.29) is 5.28 Å². The highest BCUT2D eigenvalue weighted by molar-refractivity contribution is 6.28. The van der Waals surface area contributed by atoms with Crippen LogP contribution < -0.4 is 5.32 Å². The molecular weight excluding hydrogens is 238 g/mol. The Bertz CT molecular complexity index is 534. The number of aryl methyl sites for hydroxylation is 1. The van der Waals surface area contributed by atoms with Gasteiger partial charge in [-0.1, -0.05) is 13.0 Å². The molecule has 6 heteroatoms. The summed E-state index contributed by atoms with van der Waals surface area (Å²) in [6.45, 7) is 7.23. The first-order chi connectivity index (χ1) is 8.26. The van der Waals surface area contributed by atoms with Gasteiger partial charge in [0.05, 0.1) is 6.33 Å². The molecule has 0 fully saturated rings. The van der Waals surface area contributed by atoms with Crippen molar-refractivity contribution in [3.63, 3.8) is 0 Å². The van der Waals surface area contributed by atoms with Crippen molar-refractivity contribution in [1.82, 2.24) is 19.5 Å². The van der Waals surface area contributed by atoms with Gasteiger partial charge in [0.15, 0.2) is 17.0 Å². The molecule has 0 bridgehead atoms. The maximum absolute atomic E-state index is 5.90. The predicted molar refractivity (Wildman–Crippen MR) is 69.3 cm³/mol. The molecule has 0 saturated carbocycles. The summed E-state index contributed by atoms with van der Waals surface area (Å²) in [6.07, 6.45) is 4.53. The second kappa shape index (κ2) is 5.14. The van der Waals surface area contributed by atoms with Crippen LogP contribution in [0.4, 0.5) is 5.82 Å². The van der Waals surface area contributed by atoms with E-state index in [9.17, 15) is 0 Å². The lowest BCUT2D eigenvalue weighted by Crippen LogP contribution is -2.03. The Kier molecular flexibility index (Phi) is 3.58.